The predicted octanol–water partition coefficient (Wildman–Crippen LogP) is 2.11. The molecule has 1 N–H and O–H groups in total. The average molecular weight is 314 g/mol. The van der Waals surface area contributed by atoms with Crippen molar-refractivity contribution in [1.82, 2.24) is 9.97 Å². The lowest BCUT2D eigenvalue weighted by Gasteiger charge is -2.27. The number of benzene rings is 1. The molecular weight excluding hydrogens is 292 g/mol. The molecular formula is C17H22N4O2. The molecule has 0 amide bonds. The van der Waals surface area contributed by atoms with Crippen molar-refractivity contribution in [3.05, 3.63) is 42.2 Å². The number of nitrogens with one attached hydrogen (secondary N) is 1. The van der Waals surface area contributed by atoms with Gasteiger partial charge in [-0.25, -0.2) is 9.97 Å². The van der Waals surface area contributed by atoms with Crippen molar-refractivity contribution in [2.75, 3.05) is 49.7 Å². The van der Waals surface area contributed by atoms with E-state index in [9.17, 15) is 0 Å². The molecule has 6 heteroatoms. The van der Waals surface area contributed by atoms with Crippen LogP contribution in [0.15, 0.2) is 36.7 Å². The lowest BCUT2D eigenvalue weighted by Crippen LogP contribution is -2.36. The molecule has 0 spiro atoms. The van der Waals surface area contributed by atoms with Crippen LogP contribution in [0.1, 0.15) is 5.56 Å². The molecule has 6 nitrogen and oxygen atoms in total. The first kappa shape index (κ1) is 15.6. The second kappa shape index (κ2) is 7.78. The number of hydrogen-bond acceptors (Lipinski definition) is 6. The Morgan fingerprint density at radius 2 is 2.04 bits per heavy atom. The second-order valence-corrected chi connectivity index (χ2v) is 5.40. The number of aryl methyl sites for hydroxylation is 1. The number of ether oxygens (including phenoxy) is 2. The SMILES string of the molecule is Cc1ccccc1OCCNc1cc(N2CCOCC2)ncn1. The van der Waals surface area contributed by atoms with Crippen LogP contribution >= 0.6 is 0 Å². The maximum atomic E-state index is 5.77. The minimum Gasteiger partial charge on any atom is -0.491 e. The zero-order chi connectivity index (χ0) is 15.9. The Hall–Kier alpha value is -2.34. The van der Waals surface area contributed by atoms with Gasteiger partial charge in [-0.15, -0.1) is 0 Å². The molecule has 0 saturated carbocycles. The topological polar surface area (TPSA) is 59.5 Å². The summed E-state index contributed by atoms with van der Waals surface area (Å²) in [4.78, 5) is 10.8. The van der Waals surface area contributed by atoms with Crippen molar-refractivity contribution in [3.8, 4) is 5.75 Å². The van der Waals surface area contributed by atoms with E-state index in [1.54, 1.807) is 6.33 Å². The van der Waals surface area contributed by atoms with Gasteiger partial charge < -0.3 is 19.7 Å². The lowest BCUT2D eigenvalue weighted by atomic mass is 10.2. The molecule has 0 bridgehead atoms. The van der Waals surface area contributed by atoms with E-state index in [4.69, 9.17) is 9.47 Å². The molecule has 0 atom stereocenters. The Bertz CT molecular complexity index is 629. The number of aromatic nitrogens is 2. The van der Waals surface area contributed by atoms with Crippen molar-refractivity contribution in [3.63, 3.8) is 0 Å². The van der Waals surface area contributed by atoms with Gasteiger partial charge in [-0.2, -0.15) is 0 Å². The maximum Gasteiger partial charge on any atom is 0.134 e. The standard InChI is InChI=1S/C17H22N4O2/c1-14-4-2-3-5-15(14)23-9-6-18-16-12-17(20-13-19-16)21-7-10-22-11-8-21/h2-5,12-13H,6-11H2,1H3,(H,18,19,20). The summed E-state index contributed by atoms with van der Waals surface area (Å²) in [6.07, 6.45) is 1.59. The molecule has 1 fully saturated rings. The molecule has 0 radical (unpaired) electrons. The number of rotatable bonds is 6. The Labute approximate surface area is 136 Å². The lowest BCUT2D eigenvalue weighted by molar-refractivity contribution is 0.122. The van der Waals surface area contributed by atoms with E-state index in [0.717, 1.165) is 49.3 Å². The number of hydrogen-bond donors (Lipinski definition) is 1. The van der Waals surface area contributed by atoms with Gasteiger partial charge >= 0.3 is 0 Å². The number of anilines is 2. The highest BCUT2D eigenvalue weighted by Gasteiger charge is 2.12. The first-order chi connectivity index (χ1) is 11.3. The second-order valence-electron chi connectivity index (χ2n) is 5.40. The van der Waals surface area contributed by atoms with Crippen LogP contribution in [0.5, 0.6) is 5.75 Å². The maximum absolute atomic E-state index is 5.77. The fraction of sp³-hybridized carbons (Fsp3) is 0.412. The number of nitrogens with zero attached hydrogens (tertiary/aromatic N) is 3. The van der Waals surface area contributed by atoms with Crippen LogP contribution in [0.2, 0.25) is 0 Å². The third kappa shape index (κ3) is 4.32. The van der Waals surface area contributed by atoms with Gasteiger partial charge in [0.2, 0.25) is 0 Å². The van der Waals surface area contributed by atoms with Gasteiger partial charge in [-0.3, -0.25) is 0 Å². The normalized spacial score (nSPS) is 14.6. The molecule has 1 aromatic heterocycles. The fourth-order valence-electron chi connectivity index (χ4n) is 2.47. The monoisotopic (exact) mass is 314 g/mol. The van der Waals surface area contributed by atoms with Gasteiger partial charge in [0.05, 0.1) is 19.8 Å². The zero-order valence-corrected chi connectivity index (χ0v) is 13.4. The van der Waals surface area contributed by atoms with E-state index < -0.39 is 0 Å². The number of para-hydroxylation sites is 1. The van der Waals surface area contributed by atoms with Crippen LogP contribution in [-0.4, -0.2) is 49.4 Å². The molecule has 1 saturated heterocycles. The minimum atomic E-state index is 0.585. The van der Waals surface area contributed by atoms with Crippen molar-refractivity contribution >= 4 is 11.6 Å². The van der Waals surface area contributed by atoms with E-state index in [-0.39, 0.29) is 0 Å². The van der Waals surface area contributed by atoms with Gasteiger partial charge in [-0.05, 0) is 18.6 Å². The summed E-state index contributed by atoms with van der Waals surface area (Å²) < 4.78 is 11.1. The third-order valence-corrected chi connectivity index (χ3v) is 3.75. The third-order valence-electron chi connectivity index (χ3n) is 3.75. The molecule has 0 aliphatic carbocycles. The van der Waals surface area contributed by atoms with E-state index in [0.29, 0.717) is 13.2 Å². The first-order valence-corrected chi connectivity index (χ1v) is 7.90. The summed E-state index contributed by atoms with van der Waals surface area (Å²) in [7, 11) is 0. The summed E-state index contributed by atoms with van der Waals surface area (Å²) in [5.41, 5.74) is 1.14. The van der Waals surface area contributed by atoms with Crippen LogP contribution in [0.4, 0.5) is 11.6 Å². The van der Waals surface area contributed by atoms with Crippen molar-refractivity contribution in [1.29, 1.82) is 0 Å². The van der Waals surface area contributed by atoms with Crippen molar-refractivity contribution < 1.29 is 9.47 Å². The first-order valence-electron chi connectivity index (χ1n) is 7.90. The predicted molar refractivity (Wildman–Crippen MR) is 90.2 cm³/mol. The minimum absolute atomic E-state index is 0.585. The summed E-state index contributed by atoms with van der Waals surface area (Å²) in [5, 5.41) is 3.28. The van der Waals surface area contributed by atoms with Crippen molar-refractivity contribution in [2.45, 2.75) is 6.92 Å². The molecule has 0 unspecified atom stereocenters. The van der Waals surface area contributed by atoms with E-state index in [2.05, 4.69) is 20.2 Å². The molecule has 1 aromatic carbocycles. The Morgan fingerprint density at radius 1 is 1.22 bits per heavy atom. The summed E-state index contributed by atoms with van der Waals surface area (Å²) in [6.45, 7) is 6.55. The van der Waals surface area contributed by atoms with E-state index in [1.807, 2.05) is 37.3 Å². The van der Waals surface area contributed by atoms with Crippen LogP contribution in [-0.2, 0) is 4.74 Å². The molecule has 2 aromatic rings. The fourth-order valence-corrected chi connectivity index (χ4v) is 2.47. The Balaban J connectivity index is 1.49. The van der Waals surface area contributed by atoms with Crippen LogP contribution < -0.4 is 15.0 Å². The molecule has 1 aliphatic heterocycles. The molecule has 3 rings (SSSR count). The van der Waals surface area contributed by atoms with Crippen LogP contribution in [0.25, 0.3) is 0 Å². The average Bonchev–Trinajstić information content (AvgIpc) is 2.61. The van der Waals surface area contributed by atoms with Gasteiger partial charge in [-0.1, -0.05) is 18.2 Å². The van der Waals surface area contributed by atoms with Gasteiger partial charge in [0.25, 0.3) is 0 Å². The van der Waals surface area contributed by atoms with Gasteiger partial charge in [0, 0.05) is 19.2 Å². The van der Waals surface area contributed by atoms with Crippen LogP contribution in [0.3, 0.4) is 0 Å². The quantitative estimate of drug-likeness (QED) is 0.824. The Morgan fingerprint density at radius 3 is 2.87 bits per heavy atom. The Kier molecular flexibility index (Phi) is 5.26. The summed E-state index contributed by atoms with van der Waals surface area (Å²) >= 11 is 0. The molecule has 23 heavy (non-hydrogen) atoms. The highest BCUT2D eigenvalue weighted by molar-refractivity contribution is 5.48. The van der Waals surface area contributed by atoms with Gasteiger partial charge in [0.1, 0.15) is 30.3 Å². The summed E-state index contributed by atoms with van der Waals surface area (Å²) in [6, 6.07) is 9.99. The molecule has 1 aliphatic rings. The smallest absolute Gasteiger partial charge is 0.134 e. The molecule has 122 valence electrons. The van der Waals surface area contributed by atoms with E-state index >= 15 is 0 Å². The zero-order valence-electron chi connectivity index (χ0n) is 13.4. The van der Waals surface area contributed by atoms with Gasteiger partial charge in [0.15, 0.2) is 0 Å². The van der Waals surface area contributed by atoms with E-state index in [1.165, 1.54) is 0 Å². The highest BCUT2D eigenvalue weighted by Crippen LogP contribution is 2.17. The van der Waals surface area contributed by atoms with Crippen molar-refractivity contribution in [2.24, 2.45) is 0 Å². The van der Waals surface area contributed by atoms with Crippen LogP contribution in [0, 0.1) is 6.92 Å². The molecule has 2 heterocycles. The largest absolute Gasteiger partial charge is 0.491 e. The number of morpholine rings is 1. The summed E-state index contributed by atoms with van der Waals surface area (Å²) in [5.74, 6) is 2.67. The highest BCUT2D eigenvalue weighted by atomic mass is 16.5.